The maximum atomic E-state index is 17.5. The molecular formula is C78H96O18. The predicted molar refractivity (Wildman–Crippen MR) is 364 cm³/mol. The van der Waals surface area contributed by atoms with Gasteiger partial charge in [-0.25, -0.2) is 14.4 Å². The molecule has 0 aliphatic heterocycles. The second-order valence-corrected chi connectivity index (χ2v) is 24.2. The number of benzene rings is 6. The SMILES string of the molecule is CCCCCOc1ccc(C(=O)OC2(C(=O)c3ccc(OCCCCC)cc3)[C@@](OC(=O)c3ccc(OCCCCC)cc3)(C(=O)c3ccc(OCCCCC)cc3)[C@@H](O)C(O)[C@@H](O)[C@@]2(OC(=O)c2ccc(OCCCCC)cc2)C(=O)c2ccc(OCCCCC)cc2)cc1. The van der Waals surface area contributed by atoms with E-state index in [1.807, 2.05) is 41.5 Å². The summed E-state index contributed by atoms with van der Waals surface area (Å²) in [6.07, 6.45) is 5.82. The zero-order chi connectivity index (χ0) is 68.9. The number of carbonyl (C=O) groups is 6. The average Bonchev–Trinajstić information content (AvgIpc) is 0.660. The number of esters is 3. The quantitative estimate of drug-likeness (QED) is 0.0139. The van der Waals surface area contributed by atoms with E-state index in [1.165, 1.54) is 146 Å². The number of Topliss-reactive ketones (excluding diaryl/α,β-unsaturated/α-hetero) is 3. The fraction of sp³-hybridized carbons (Fsp3) is 0.462. The summed E-state index contributed by atoms with van der Waals surface area (Å²) in [4.78, 5) is 99.3. The van der Waals surface area contributed by atoms with Gasteiger partial charge in [-0.3, -0.25) is 14.4 Å². The Hall–Kier alpha value is -8.58. The topological polar surface area (TPSA) is 246 Å². The van der Waals surface area contributed by atoms with Crippen LogP contribution in [0.4, 0.5) is 0 Å². The molecule has 1 saturated carbocycles. The molecule has 0 heterocycles. The molecule has 18 heteroatoms. The molecule has 1 aliphatic carbocycles. The number of carbonyl (C=O) groups excluding carboxylic acids is 6. The van der Waals surface area contributed by atoms with Crippen LogP contribution in [0, 0.1) is 0 Å². The molecule has 0 saturated heterocycles. The number of unbranched alkanes of at least 4 members (excludes halogenated alkanes) is 12. The molecule has 2 unspecified atom stereocenters. The van der Waals surface area contributed by atoms with Gasteiger partial charge in [0.1, 0.15) is 52.8 Å². The molecule has 0 bridgehead atoms. The summed E-state index contributed by atoms with van der Waals surface area (Å²) in [5.74, 6) is -7.58. The summed E-state index contributed by atoms with van der Waals surface area (Å²) >= 11 is 0. The van der Waals surface area contributed by atoms with Gasteiger partial charge in [0.15, 0.2) is 0 Å². The zero-order valence-corrected chi connectivity index (χ0v) is 56.5. The van der Waals surface area contributed by atoms with E-state index in [2.05, 4.69) is 0 Å². The Morgan fingerprint density at radius 1 is 0.281 bits per heavy atom. The number of ketones is 3. The van der Waals surface area contributed by atoms with Crippen molar-refractivity contribution >= 4 is 35.3 Å². The van der Waals surface area contributed by atoms with Gasteiger partial charge in [0.05, 0.1) is 56.3 Å². The molecule has 6 aromatic rings. The predicted octanol–water partition coefficient (Wildman–Crippen LogP) is 14.9. The molecule has 1 fully saturated rings. The summed E-state index contributed by atoms with van der Waals surface area (Å²) in [7, 11) is 0. The first-order valence-electron chi connectivity index (χ1n) is 34.3. The van der Waals surface area contributed by atoms with E-state index in [1.54, 1.807) is 0 Å². The average molecular weight is 1320 g/mol. The van der Waals surface area contributed by atoms with Crippen LogP contribution in [-0.4, -0.2) is 125 Å². The van der Waals surface area contributed by atoms with Crippen LogP contribution in [0.25, 0.3) is 0 Å². The lowest BCUT2D eigenvalue weighted by Crippen LogP contribution is -2.91. The Morgan fingerprint density at radius 3 is 0.698 bits per heavy atom. The number of rotatable bonds is 42. The summed E-state index contributed by atoms with van der Waals surface area (Å²) < 4.78 is 56.2. The molecule has 0 spiro atoms. The van der Waals surface area contributed by atoms with Gasteiger partial charge in [0.25, 0.3) is 16.8 Å². The van der Waals surface area contributed by atoms with Crippen molar-refractivity contribution in [3.63, 3.8) is 0 Å². The van der Waals surface area contributed by atoms with Gasteiger partial charge in [-0.1, -0.05) is 119 Å². The van der Waals surface area contributed by atoms with E-state index < -0.39 is 87.1 Å². The lowest BCUT2D eigenvalue weighted by atomic mass is 9.52. The third kappa shape index (κ3) is 18.3. The van der Waals surface area contributed by atoms with Crippen molar-refractivity contribution < 1.29 is 86.7 Å². The molecule has 7 rings (SSSR count). The van der Waals surface area contributed by atoms with Gasteiger partial charge >= 0.3 is 17.9 Å². The number of ether oxygens (including phenoxy) is 9. The monoisotopic (exact) mass is 1320 g/mol. The number of aliphatic hydroxyl groups excluding tert-OH is 3. The van der Waals surface area contributed by atoms with Crippen LogP contribution in [-0.2, 0) is 14.2 Å². The Balaban J connectivity index is 1.62. The van der Waals surface area contributed by atoms with E-state index in [0.717, 1.165) is 89.9 Å². The number of hydrogen-bond donors (Lipinski definition) is 3. The maximum Gasteiger partial charge on any atom is 0.339 e. The Labute approximate surface area is 564 Å². The van der Waals surface area contributed by atoms with Crippen molar-refractivity contribution in [2.24, 2.45) is 0 Å². The number of aliphatic hydroxyl groups is 3. The highest BCUT2D eigenvalue weighted by molar-refractivity contribution is 6.21. The van der Waals surface area contributed by atoms with Crippen LogP contribution in [0.15, 0.2) is 146 Å². The Morgan fingerprint density at radius 2 is 0.479 bits per heavy atom. The van der Waals surface area contributed by atoms with Crippen molar-refractivity contribution in [1.29, 1.82) is 0 Å². The maximum absolute atomic E-state index is 17.5. The first kappa shape index (κ1) is 74.8. The molecule has 516 valence electrons. The highest BCUT2D eigenvalue weighted by Gasteiger charge is 2.88. The van der Waals surface area contributed by atoms with Gasteiger partial charge in [0, 0.05) is 16.7 Å². The van der Waals surface area contributed by atoms with E-state index >= 15 is 28.8 Å². The Bertz CT molecular complexity index is 3230. The third-order valence-corrected chi connectivity index (χ3v) is 17.0. The van der Waals surface area contributed by atoms with Crippen LogP contribution in [0.3, 0.4) is 0 Å². The molecule has 0 amide bonds. The van der Waals surface area contributed by atoms with E-state index in [-0.39, 0.29) is 53.8 Å². The van der Waals surface area contributed by atoms with Crippen molar-refractivity contribution in [2.75, 3.05) is 39.6 Å². The summed E-state index contributed by atoms with van der Waals surface area (Å²) in [6.45, 7) is 14.1. The molecule has 3 N–H and O–H groups in total. The zero-order valence-electron chi connectivity index (χ0n) is 56.5. The van der Waals surface area contributed by atoms with Crippen LogP contribution in [0.5, 0.6) is 34.5 Å². The fourth-order valence-corrected chi connectivity index (χ4v) is 11.5. The first-order chi connectivity index (χ1) is 46.6. The van der Waals surface area contributed by atoms with Crippen LogP contribution in [0.1, 0.15) is 219 Å². The number of hydrogen-bond acceptors (Lipinski definition) is 18. The fourth-order valence-electron chi connectivity index (χ4n) is 11.5. The largest absolute Gasteiger partial charge is 0.494 e. The molecule has 1 aliphatic rings. The molecule has 0 aromatic heterocycles. The van der Waals surface area contributed by atoms with Crippen molar-refractivity contribution in [1.82, 2.24) is 0 Å². The van der Waals surface area contributed by atoms with Crippen LogP contribution < -0.4 is 28.4 Å². The molecule has 18 nitrogen and oxygen atoms in total. The summed E-state index contributed by atoms with van der Waals surface area (Å²) in [5.41, 5.74) is -14.8. The summed E-state index contributed by atoms with van der Waals surface area (Å²) in [5, 5.41) is 40.2. The van der Waals surface area contributed by atoms with Crippen LogP contribution in [0.2, 0.25) is 0 Å². The van der Waals surface area contributed by atoms with E-state index in [4.69, 9.17) is 42.6 Å². The second-order valence-electron chi connectivity index (χ2n) is 24.2. The van der Waals surface area contributed by atoms with Gasteiger partial charge in [-0.15, -0.1) is 0 Å². The normalized spacial score (nSPS) is 18.9. The van der Waals surface area contributed by atoms with Crippen molar-refractivity contribution in [3.05, 3.63) is 179 Å². The van der Waals surface area contributed by atoms with Gasteiger partial charge in [0.2, 0.25) is 17.3 Å². The highest BCUT2D eigenvalue weighted by Crippen LogP contribution is 2.56. The minimum absolute atomic E-state index is 0.247. The molecule has 6 atom stereocenters. The van der Waals surface area contributed by atoms with E-state index in [0.29, 0.717) is 62.8 Å². The van der Waals surface area contributed by atoms with Crippen LogP contribution >= 0.6 is 0 Å². The standard InChI is InChI=1S/C78H96O18/c1-7-13-19-49-88-61-37-25-55(26-38-61)68(80)76(94-73(85)58-31-43-64(44-32-58)91-52-22-16-10-4)71(83)67(79)72(84)77(69(81)56-27-39-62(40-28-56)89-50-20-14-8-2,95-74(86)59-33-45-65(46-34-59)92-53-23-17-11-5)78(76,70(82)57-29-41-63(42-30-57)90-51-21-15-9-3)96-75(87)60-35-47-66(48-36-60)93-54-24-18-12-6/h25-48,67,71-72,79,83-84H,7-24,49-54H2,1-6H3/t67?,71-,72+,76+,77-,78?. The smallest absolute Gasteiger partial charge is 0.339 e. The molecular weight excluding hydrogens is 1220 g/mol. The minimum Gasteiger partial charge on any atom is -0.494 e. The highest BCUT2D eigenvalue weighted by atomic mass is 16.7. The van der Waals surface area contributed by atoms with Crippen molar-refractivity contribution in [3.8, 4) is 34.5 Å². The minimum atomic E-state index is -4.19. The second kappa shape index (κ2) is 37.6. The van der Waals surface area contributed by atoms with Gasteiger partial charge < -0.3 is 58.0 Å². The lowest BCUT2D eigenvalue weighted by molar-refractivity contribution is -0.293. The van der Waals surface area contributed by atoms with Gasteiger partial charge in [-0.05, 0) is 184 Å². The first-order valence-corrected chi connectivity index (χ1v) is 34.3. The lowest BCUT2D eigenvalue weighted by Gasteiger charge is -2.60. The van der Waals surface area contributed by atoms with Gasteiger partial charge in [-0.2, -0.15) is 0 Å². The summed E-state index contributed by atoms with van der Waals surface area (Å²) in [6, 6.07) is 32.0. The Kier molecular flexibility index (Phi) is 29.3. The molecule has 6 aromatic carbocycles. The van der Waals surface area contributed by atoms with Crippen molar-refractivity contribution in [2.45, 2.75) is 192 Å². The third-order valence-electron chi connectivity index (χ3n) is 17.0. The molecule has 96 heavy (non-hydrogen) atoms. The molecule has 0 radical (unpaired) electrons. The van der Waals surface area contributed by atoms with E-state index in [9.17, 15) is 15.3 Å².